The van der Waals surface area contributed by atoms with Gasteiger partial charge in [-0.2, -0.15) is 0 Å². The molecule has 19 heavy (non-hydrogen) atoms. The zero-order chi connectivity index (χ0) is 13.8. The summed E-state index contributed by atoms with van der Waals surface area (Å²) in [6, 6.07) is 7.52. The Morgan fingerprint density at radius 1 is 1.00 bits per heavy atom. The summed E-state index contributed by atoms with van der Waals surface area (Å²) in [4.78, 5) is 23.0. The van der Waals surface area contributed by atoms with Crippen molar-refractivity contribution in [2.24, 2.45) is 0 Å². The summed E-state index contributed by atoms with van der Waals surface area (Å²) in [5.74, 6) is -0.638. The number of hydrogen-bond acceptors (Lipinski definition) is 2. The standard InChI is InChI=1S/C15H16Cl2O2/c16-14(18)13(15(17)19)12-9-5-4-8-11(12)10-6-2-1-3-7-10/h4-5,8-10,13H,1-3,6-7H2. The zero-order valence-corrected chi connectivity index (χ0v) is 12.1. The summed E-state index contributed by atoms with van der Waals surface area (Å²) >= 11 is 11.1. The Morgan fingerprint density at radius 3 is 2.16 bits per heavy atom. The second-order valence-electron chi connectivity index (χ2n) is 5.01. The lowest BCUT2D eigenvalue weighted by molar-refractivity contribution is -0.120. The fourth-order valence-electron chi connectivity index (χ4n) is 2.89. The second-order valence-corrected chi connectivity index (χ2v) is 5.75. The quantitative estimate of drug-likeness (QED) is 0.612. The van der Waals surface area contributed by atoms with Crippen LogP contribution in [0.5, 0.6) is 0 Å². The van der Waals surface area contributed by atoms with Crippen LogP contribution < -0.4 is 0 Å². The highest BCUT2D eigenvalue weighted by Crippen LogP contribution is 2.37. The van der Waals surface area contributed by atoms with E-state index < -0.39 is 16.4 Å². The summed E-state index contributed by atoms with van der Waals surface area (Å²) in [5.41, 5.74) is 1.73. The molecule has 2 rings (SSSR count). The summed E-state index contributed by atoms with van der Waals surface area (Å²) in [6.07, 6.45) is 5.82. The van der Waals surface area contributed by atoms with Crippen LogP contribution in [0.15, 0.2) is 24.3 Å². The van der Waals surface area contributed by atoms with Crippen LogP contribution >= 0.6 is 23.2 Å². The van der Waals surface area contributed by atoms with Crippen LogP contribution in [0.1, 0.15) is 55.1 Å². The molecule has 0 aliphatic heterocycles. The number of carbonyl (C=O) groups excluding carboxylic acids is 2. The van der Waals surface area contributed by atoms with Gasteiger partial charge in [-0.3, -0.25) is 9.59 Å². The molecule has 0 bridgehead atoms. The van der Waals surface area contributed by atoms with Gasteiger partial charge in [-0.15, -0.1) is 0 Å². The molecule has 4 heteroatoms. The van der Waals surface area contributed by atoms with Crippen molar-refractivity contribution in [1.82, 2.24) is 0 Å². The topological polar surface area (TPSA) is 34.1 Å². The lowest BCUT2D eigenvalue weighted by Crippen LogP contribution is -2.18. The van der Waals surface area contributed by atoms with E-state index in [1.807, 2.05) is 18.2 Å². The van der Waals surface area contributed by atoms with Crippen LogP contribution in [0.25, 0.3) is 0 Å². The Kier molecular flexibility index (Phi) is 5.00. The smallest absolute Gasteiger partial charge is 0.237 e. The first-order chi connectivity index (χ1) is 9.11. The number of benzene rings is 1. The Balaban J connectivity index is 2.39. The van der Waals surface area contributed by atoms with Crippen molar-refractivity contribution in [3.8, 4) is 0 Å². The molecule has 0 spiro atoms. The van der Waals surface area contributed by atoms with Crippen molar-refractivity contribution in [2.75, 3.05) is 0 Å². The molecular formula is C15H16Cl2O2. The average Bonchev–Trinajstić information content (AvgIpc) is 2.39. The molecule has 2 nitrogen and oxygen atoms in total. The van der Waals surface area contributed by atoms with Gasteiger partial charge in [0.1, 0.15) is 5.92 Å². The van der Waals surface area contributed by atoms with Gasteiger partial charge in [-0.25, -0.2) is 0 Å². The molecule has 1 aromatic carbocycles. The summed E-state index contributed by atoms with van der Waals surface area (Å²) < 4.78 is 0. The highest BCUT2D eigenvalue weighted by molar-refractivity contribution is 6.74. The van der Waals surface area contributed by atoms with Crippen molar-refractivity contribution < 1.29 is 9.59 Å². The first kappa shape index (κ1) is 14.5. The van der Waals surface area contributed by atoms with Gasteiger partial charge in [0.2, 0.25) is 10.5 Å². The predicted molar refractivity (Wildman–Crippen MR) is 76.7 cm³/mol. The molecule has 1 aromatic rings. The van der Waals surface area contributed by atoms with Crippen molar-refractivity contribution in [3.05, 3.63) is 35.4 Å². The fourth-order valence-corrected chi connectivity index (χ4v) is 3.38. The van der Waals surface area contributed by atoms with E-state index in [0.717, 1.165) is 18.4 Å². The van der Waals surface area contributed by atoms with Gasteiger partial charge in [-0.1, -0.05) is 43.5 Å². The van der Waals surface area contributed by atoms with E-state index in [0.29, 0.717) is 11.5 Å². The lowest BCUT2D eigenvalue weighted by Gasteiger charge is -2.25. The molecule has 0 radical (unpaired) electrons. The molecule has 0 atom stereocenters. The van der Waals surface area contributed by atoms with E-state index in [9.17, 15) is 9.59 Å². The van der Waals surface area contributed by atoms with Gasteiger partial charge in [0.05, 0.1) is 0 Å². The van der Waals surface area contributed by atoms with Crippen molar-refractivity contribution >= 4 is 33.7 Å². The summed E-state index contributed by atoms with van der Waals surface area (Å²) in [7, 11) is 0. The summed E-state index contributed by atoms with van der Waals surface area (Å²) in [5, 5.41) is -1.41. The second kappa shape index (κ2) is 6.53. The molecule has 0 N–H and O–H groups in total. The van der Waals surface area contributed by atoms with Gasteiger partial charge >= 0.3 is 0 Å². The van der Waals surface area contributed by atoms with E-state index in [1.54, 1.807) is 6.07 Å². The molecular weight excluding hydrogens is 283 g/mol. The third kappa shape index (κ3) is 3.37. The third-order valence-electron chi connectivity index (χ3n) is 3.81. The van der Waals surface area contributed by atoms with E-state index >= 15 is 0 Å². The normalized spacial score (nSPS) is 16.6. The minimum atomic E-state index is -1.04. The Morgan fingerprint density at radius 2 is 1.58 bits per heavy atom. The van der Waals surface area contributed by atoms with Crippen LogP contribution in [0.2, 0.25) is 0 Å². The van der Waals surface area contributed by atoms with Crippen LogP contribution in [0, 0.1) is 0 Å². The van der Waals surface area contributed by atoms with Crippen LogP contribution in [-0.4, -0.2) is 10.5 Å². The van der Waals surface area contributed by atoms with E-state index in [2.05, 4.69) is 0 Å². The molecule has 102 valence electrons. The van der Waals surface area contributed by atoms with Gasteiger partial charge in [-0.05, 0) is 53.1 Å². The Bertz CT molecular complexity index is 465. The number of hydrogen-bond donors (Lipinski definition) is 0. The zero-order valence-electron chi connectivity index (χ0n) is 10.6. The summed E-state index contributed by atoms with van der Waals surface area (Å²) in [6.45, 7) is 0. The monoisotopic (exact) mass is 298 g/mol. The maximum Gasteiger partial charge on any atom is 0.237 e. The molecule has 1 aliphatic rings. The first-order valence-electron chi connectivity index (χ1n) is 6.58. The van der Waals surface area contributed by atoms with Crippen LogP contribution in [0.3, 0.4) is 0 Å². The van der Waals surface area contributed by atoms with Crippen LogP contribution in [-0.2, 0) is 9.59 Å². The lowest BCUT2D eigenvalue weighted by atomic mass is 9.80. The van der Waals surface area contributed by atoms with Crippen molar-refractivity contribution in [2.45, 2.75) is 43.9 Å². The Labute approximate surface area is 123 Å². The van der Waals surface area contributed by atoms with Gasteiger partial charge in [0.15, 0.2) is 0 Å². The molecule has 1 fully saturated rings. The number of carbonyl (C=O) groups is 2. The maximum absolute atomic E-state index is 11.5. The number of rotatable bonds is 4. The molecule has 0 saturated heterocycles. The largest absolute Gasteiger partial charge is 0.280 e. The van der Waals surface area contributed by atoms with Crippen molar-refractivity contribution in [1.29, 1.82) is 0 Å². The van der Waals surface area contributed by atoms with Crippen molar-refractivity contribution in [3.63, 3.8) is 0 Å². The molecule has 0 heterocycles. The maximum atomic E-state index is 11.5. The van der Waals surface area contributed by atoms with Gasteiger partial charge in [0, 0.05) is 0 Å². The van der Waals surface area contributed by atoms with Gasteiger partial charge in [0.25, 0.3) is 0 Å². The highest BCUT2D eigenvalue weighted by Gasteiger charge is 2.30. The molecule has 1 aliphatic carbocycles. The van der Waals surface area contributed by atoms with Gasteiger partial charge < -0.3 is 0 Å². The fraction of sp³-hybridized carbons (Fsp3) is 0.467. The average molecular weight is 299 g/mol. The third-order valence-corrected chi connectivity index (χ3v) is 4.24. The predicted octanol–water partition coefficient (Wildman–Crippen LogP) is 4.35. The molecule has 0 unspecified atom stereocenters. The Hall–Kier alpha value is -0.860. The minimum absolute atomic E-state index is 0.402. The van der Waals surface area contributed by atoms with E-state index in [4.69, 9.17) is 23.2 Å². The van der Waals surface area contributed by atoms with E-state index in [-0.39, 0.29) is 0 Å². The highest BCUT2D eigenvalue weighted by atomic mass is 35.5. The minimum Gasteiger partial charge on any atom is -0.280 e. The molecule has 1 saturated carbocycles. The number of halogens is 2. The first-order valence-corrected chi connectivity index (χ1v) is 7.34. The van der Waals surface area contributed by atoms with Crippen LogP contribution in [0.4, 0.5) is 0 Å². The SMILES string of the molecule is O=C(Cl)C(C(=O)Cl)c1ccccc1C1CCCCC1. The van der Waals surface area contributed by atoms with E-state index in [1.165, 1.54) is 19.3 Å². The molecule has 0 aromatic heterocycles. The molecule has 0 amide bonds.